The van der Waals surface area contributed by atoms with Crippen LogP contribution >= 0.6 is 15.9 Å². The van der Waals surface area contributed by atoms with Gasteiger partial charge in [0.1, 0.15) is 0 Å². The van der Waals surface area contributed by atoms with Gasteiger partial charge in [-0.25, -0.2) is 0 Å². The number of aromatic nitrogens is 1. The summed E-state index contributed by atoms with van der Waals surface area (Å²) in [6, 6.07) is 9.71. The van der Waals surface area contributed by atoms with Gasteiger partial charge in [-0.05, 0) is 39.0 Å². The quantitative estimate of drug-likeness (QED) is 0.786. The number of benzene rings is 1. The largest absolute Gasteiger partial charge is 0.457 e. The highest BCUT2D eigenvalue weighted by Gasteiger charge is 2.16. The third-order valence-corrected chi connectivity index (χ3v) is 3.68. The molecule has 0 saturated heterocycles. The van der Waals surface area contributed by atoms with E-state index in [1.807, 2.05) is 36.5 Å². The number of nitrogens with zero attached hydrogens (tertiary/aromatic N) is 1. The fraction of sp³-hybridized carbons (Fsp3) is 0.0714. The Balaban J connectivity index is 2.18. The molecule has 0 saturated carbocycles. The van der Waals surface area contributed by atoms with Crippen molar-refractivity contribution in [1.82, 2.24) is 4.98 Å². The van der Waals surface area contributed by atoms with Crippen LogP contribution in [0.1, 0.15) is 17.2 Å². The molecule has 1 unspecified atom stereocenters. The van der Waals surface area contributed by atoms with E-state index in [1.54, 1.807) is 12.5 Å². The molecule has 1 aromatic carbocycles. The summed E-state index contributed by atoms with van der Waals surface area (Å²) in [5.41, 5.74) is 8.33. The highest BCUT2D eigenvalue weighted by Crippen LogP contribution is 2.31. The lowest BCUT2D eigenvalue weighted by Crippen LogP contribution is -2.11. The average Bonchev–Trinajstić information content (AvgIpc) is 2.83. The van der Waals surface area contributed by atoms with Crippen LogP contribution in [0.5, 0.6) is 0 Å². The van der Waals surface area contributed by atoms with Crippen LogP contribution in [0.3, 0.4) is 0 Å². The first-order valence-electron chi connectivity index (χ1n) is 5.58. The van der Waals surface area contributed by atoms with Crippen molar-refractivity contribution in [3.63, 3.8) is 0 Å². The van der Waals surface area contributed by atoms with E-state index >= 15 is 0 Å². The van der Waals surface area contributed by atoms with Gasteiger partial charge < -0.3 is 10.2 Å². The molecule has 0 fully saturated rings. The molecule has 0 aliphatic rings. The molecule has 0 bridgehead atoms. The number of hydrogen-bond acceptors (Lipinski definition) is 3. The molecule has 90 valence electrons. The summed E-state index contributed by atoms with van der Waals surface area (Å²) < 4.78 is 5.93. The lowest BCUT2D eigenvalue weighted by Gasteiger charge is -2.13. The third kappa shape index (κ3) is 1.83. The van der Waals surface area contributed by atoms with Crippen molar-refractivity contribution in [3.8, 4) is 0 Å². The Labute approximate surface area is 113 Å². The van der Waals surface area contributed by atoms with E-state index in [4.69, 9.17) is 10.2 Å². The minimum Gasteiger partial charge on any atom is -0.457 e. The molecule has 0 radical (unpaired) electrons. The fourth-order valence-electron chi connectivity index (χ4n) is 2.11. The van der Waals surface area contributed by atoms with Crippen molar-refractivity contribution in [2.75, 3.05) is 0 Å². The monoisotopic (exact) mass is 302 g/mol. The highest BCUT2D eigenvalue weighted by molar-refractivity contribution is 9.10. The number of rotatable bonds is 2. The van der Waals surface area contributed by atoms with Gasteiger partial charge >= 0.3 is 0 Å². The molecular weight excluding hydrogens is 292 g/mol. The summed E-state index contributed by atoms with van der Waals surface area (Å²) >= 11 is 3.37. The summed E-state index contributed by atoms with van der Waals surface area (Å²) in [6.45, 7) is 0. The first-order chi connectivity index (χ1) is 8.77. The molecular formula is C14H11BrN2O. The SMILES string of the molecule is NC(c1ccoc1Br)c1cccc2cnccc12. The van der Waals surface area contributed by atoms with Gasteiger partial charge in [-0.2, -0.15) is 0 Å². The van der Waals surface area contributed by atoms with Crippen LogP contribution in [0.15, 0.2) is 58.1 Å². The Morgan fingerprint density at radius 3 is 2.83 bits per heavy atom. The van der Waals surface area contributed by atoms with E-state index in [2.05, 4.69) is 20.9 Å². The first-order valence-corrected chi connectivity index (χ1v) is 6.38. The van der Waals surface area contributed by atoms with Crippen molar-refractivity contribution in [2.24, 2.45) is 5.73 Å². The molecule has 18 heavy (non-hydrogen) atoms. The summed E-state index contributed by atoms with van der Waals surface area (Å²) in [5.74, 6) is 0. The lowest BCUT2D eigenvalue weighted by atomic mass is 9.97. The molecule has 2 aromatic heterocycles. The third-order valence-electron chi connectivity index (χ3n) is 3.03. The van der Waals surface area contributed by atoms with Crippen LogP contribution < -0.4 is 5.73 Å². The molecule has 3 rings (SSSR count). The zero-order valence-electron chi connectivity index (χ0n) is 9.51. The van der Waals surface area contributed by atoms with Gasteiger partial charge in [0.2, 0.25) is 0 Å². The van der Waals surface area contributed by atoms with Crippen LogP contribution in [0.4, 0.5) is 0 Å². The van der Waals surface area contributed by atoms with Gasteiger partial charge in [0.15, 0.2) is 4.67 Å². The fourth-order valence-corrected chi connectivity index (χ4v) is 2.60. The van der Waals surface area contributed by atoms with Gasteiger partial charge in [-0.15, -0.1) is 0 Å². The number of furan rings is 1. The molecule has 2 heterocycles. The maximum Gasteiger partial charge on any atom is 0.174 e. The zero-order chi connectivity index (χ0) is 12.5. The minimum atomic E-state index is -0.218. The molecule has 0 spiro atoms. The van der Waals surface area contributed by atoms with E-state index in [0.717, 1.165) is 21.9 Å². The Kier molecular flexibility index (Phi) is 2.89. The van der Waals surface area contributed by atoms with E-state index in [0.29, 0.717) is 4.67 Å². The van der Waals surface area contributed by atoms with Gasteiger partial charge in [0.05, 0.1) is 12.3 Å². The number of pyridine rings is 1. The second-order valence-electron chi connectivity index (χ2n) is 4.07. The van der Waals surface area contributed by atoms with Crippen molar-refractivity contribution in [3.05, 3.63) is 64.8 Å². The van der Waals surface area contributed by atoms with Crippen molar-refractivity contribution in [1.29, 1.82) is 0 Å². The Morgan fingerprint density at radius 1 is 1.17 bits per heavy atom. The standard InChI is InChI=1S/C14H11BrN2O/c15-14-12(5-7-18-14)13(16)11-3-1-2-9-8-17-6-4-10(9)11/h1-8,13H,16H2. The van der Waals surface area contributed by atoms with Crippen molar-refractivity contribution < 1.29 is 4.42 Å². The van der Waals surface area contributed by atoms with Crippen LogP contribution in [0.2, 0.25) is 0 Å². The second kappa shape index (κ2) is 4.55. The van der Waals surface area contributed by atoms with Crippen LogP contribution in [-0.2, 0) is 0 Å². The van der Waals surface area contributed by atoms with Crippen LogP contribution in [0, 0.1) is 0 Å². The summed E-state index contributed by atoms with van der Waals surface area (Å²) in [6.07, 6.45) is 5.25. The Hall–Kier alpha value is -1.65. The molecule has 2 N–H and O–H groups in total. The first kappa shape index (κ1) is 11.4. The maximum atomic E-state index is 6.32. The van der Waals surface area contributed by atoms with Crippen LogP contribution in [0.25, 0.3) is 10.8 Å². The van der Waals surface area contributed by atoms with E-state index < -0.39 is 0 Å². The number of fused-ring (bicyclic) bond motifs is 1. The van der Waals surface area contributed by atoms with Crippen LogP contribution in [-0.4, -0.2) is 4.98 Å². The van der Waals surface area contributed by atoms with Crippen molar-refractivity contribution >= 4 is 26.7 Å². The maximum absolute atomic E-state index is 6.32. The number of nitrogens with two attached hydrogens (primary N) is 1. The second-order valence-corrected chi connectivity index (χ2v) is 4.79. The van der Waals surface area contributed by atoms with Gasteiger partial charge in [-0.1, -0.05) is 18.2 Å². The average molecular weight is 303 g/mol. The molecule has 3 nitrogen and oxygen atoms in total. The molecule has 0 aliphatic carbocycles. The minimum absolute atomic E-state index is 0.218. The van der Waals surface area contributed by atoms with Gasteiger partial charge in [0, 0.05) is 23.3 Å². The van der Waals surface area contributed by atoms with E-state index in [1.165, 1.54) is 0 Å². The number of halogens is 1. The Morgan fingerprint density at radius 2 is 2.06 bits per heavy atom. The van der Waals surface area contributed by atoms with E-state index in [-0.39, 0.29) is 6.04 Å². The molecule has 0 amide bonds. The summed E-state index contributed by atoms with van der Waals surface area (Å²) in [7, 11) is 0. The van der Waals surface area contributed by atoms with Crippen molar-refractivity contribution in [2.45, 2.75) is 6.04 Å². The lowest BCUT2D eigenvalue weighted by molar-refractivity contribution is 0.535. The summed E-state index contributed by atoms with van der Waals surface area (Å²) in [5, 5.41) is 2.21. The topological polar surface area (TPSA) is 52.0 Å². The Bertz CT molecular complexity index is 688. The molecule has 3 aromatic rings. The number of hydrogen-bond donors (Lipinski definition) is 1. The predicted octanol–water partition coefficient (Wildman–Crippen LogP) is 3.64. The van der Waals surface area contributed by atoms with E-state index in [9.17, 15) is 0 Å². The summed E-state index contributed by atoms with van der Waals surface area (Å²) in [4.78, 5) is 4.13. The smallest absolute Gasteiger partial charge is 0.174 e. The normalized spacial score (nSPS) is 12.8. The zero-order valence-corrected chi connectivity index (χ0v) is 11.1. The van der Waals surface area contributed by atoms with Gasteiger partial charge in [0.25, 0.3) is 0 Å². The molecule has 0 aliphatic heterocycles. The van der Waals surface area contributed by atoms with Gasteiger partial charge in [-0.3, -0.25) is 4.98 Å². The molecule has 4 heteroatoms. The highest BCUT2D eigenvalue weighted by atomic mass is 79.9. The predicted molar refractivity (Wildman–Crippen MR) is 74.2 cm³/mol. The molecule has 1 atom stereocenters.